The van der Waals surface area contributed by atoms with Crippen LogP contribution < -0.4 is 0 Å². The molecule has 0 N–H and O–H groups in total. The van der Waals surface area contributed by atoms with E-state index in [4.69, 9.17) is 11.6 Å². The molecule has 5 heteroatoms. The molecule has 0 unspecified atom stereocenters. The summed E-state index contributed by atoms with van der Waals surface area (Å²) in [4.78, 5) is 15.9. The van der Waals surface area contributed by atoms with Gasteiger partial charge < -0.3 is 9.80 Å². The average molecular weight is 257 g/mol. The molecule has 0 bridgehead atoms. The van der Waals surface area contributed by atoms with Crippen LogP contribution in [-0.2, 0) is 0 Å². The van der Waals surface area contributed by atoms with Gasteiger partial charge in [-0.15, -0.1) is 0 Å². The van der Waals surface area contributed by atoms with E-state index in [0.29, 0.717) is 18.1 Å². The van der Waals surface area contributed by atoms with Crippen LogP contribution in [-0.4, -0.2) is 48.9 Å². The van der Waals surface area contributed by atoms with Gasteiger partial charge in [-0.25, -0.2) is 4.39 Å². The molecule has 0 atom stereocenters. The quantitative estimate of drug-likeness (QED) is 0.766. The van der Waals surface area contributed by atoms with Crippen molar-refractivity contribution >= 4 is 17.5 Å². The van der Waals surface area contributed by atoms with Crippen molar-refractivity contribution in [3.63, 3.8) is 0 Å². The second-order valence-electron chi connectivity index (χ2n) is 4.22. The van der Waals surface area contributed by atoms with Crippen LogP contribution in [0, 0.1) is 5.82 Å². The molecule has 1 heterocycles. The van der Waals surface area contributed by atoms with Crippen LogP contribution in [0.4, 0.5) is 4.39 Å². The van der Waals surface area contributed by atoms with Crippen molar-refractivity contribution in [1.29, 1.82) is 0 Å². The number of amides is 1. The Morgan fingerprint density at radius 1 is 1.29 bits per heavy atom. The lowest BCUT2D eigenvalue weighted by atomic mass is 10.1. The number of piperazine rings is 1. The summed E-state index contributed by atoms with van der Waals surface area (Å²) in [7, 11) is 2.00. The number of hydrogen-bond acceptors (Lipinski definition) is 2. The van der Waals surface area contributed by atoms with E-state index in [0.717, 1.165) is 13.1 Å². The maximum Gasteiger partial charge on any atom is 0.256 e. The van der Waals surface area contributed by atoms with E-state index in [1.807, 2.05) is 7.05 Å². The van der Waals surface area contributed by atoms with Gasteiger partial charge in [0.05, 0.1) is 5.56 Å². The van der Waals surface area contributed by atoms with Gasteiger partial charge in [0.2, 0.25) is 0 Å². The highest BCUT2D eigenvalue weighted by Gasteiger charge is 2.22. The molecule has 1 aliphatic rings. The SMILES string of the molecule is CN1CCN(C(=O)c2cc(Cl)ccc2F)CC1. The fraction of sp³-hybridized carbons (Fsp3) is 0.417. The summed E-state index contributed by atoms with van der Waals surface area (Å²) in [6.07, 6.45) is 0. The molecule has 0 aliphatic carbocycles. The second kappa shape index (κ2) is 5.02. The predicted molar refractivity (Wildman–Crippen MR) is 64.8 cm³/mol. The molecular formula is C12H14ClFN2O. The molecule has 3 nitrogen and oxygen atoms in total. The molecule has 17 heavy (non-hydrogen) atoms. The minimum absolute atomic E-state index is 0.0575. The standard InChI is InChI=1S/C12H14ClFN2O/c1-15-4-6-16(7-5-15)12(17)10-8-9(13)2-3-11(10)14/h2-3,8H,4-7H2,1H3. The zero-order valence-corrected chi connectivity index (χ0v) is 10.4. The van der Waals surface area contributed by atoms with Crippen molar-refractivity contribution in [3.05, 3.63) is 34.6 Å². The minimum atomic E-state index is -0.515. The van der Waals surface area contributed by atoms with Crippen molar-refractivity contribution in [3.8, 4) is 0 Å². The summed E-state index contributed by atoms with van der Waals surface area (Å²) in [5.41, 5.74) is 0.0575. The zero-order chi connectivity index (χ0) is 12.4. The topological polar surface area (TPSA) is 23.6 Å². The van der Waals surface area contributed by atoms with E-state index in [9.17, 15) is 9.18 Å². The Morgan fingerprint density at radius 2 is 1.94 bits per heavy atom. The summed E-state index contributed by atoms with van der Waals surface area (Å²) in [5, 5.41) is 0.379. The van der Waals surface area contributed by atoms with E-state index < -0.39 is 5.82 Å². The Kier molecular flexibility index (Phi) is 3.64. The Morgan fingerprint density at radius 3 is 2.59 bits per heavy atom. The molecule has 1 aliphatic heterocycles. The zero-order valence-electron chi connectivity index (χ0n) is 9.62. The molecule has 0 radical (unpaired) electrons. The van der Waals surface area contributed by atoms with Crippen LogP contribution in [0.25, 0.3) is 0 Å². The average Bonchev–Trinajstić information content (AvgIpc) is 2.32. The van der Waals surface area contributed by atoms with Gasteiger partial charge in [-0.1, -0.05) is 11.6 Å². The van der Waals surface area contributed by atoms with Crippen molar-refractivity contribution < 1.29 is 9.18 Å². The molecule has 92 valence electrons. The molecular weight excluding hydrogens is 243 g/mol. The lowest BCUT2D eigenvalue weighted by Crippen LogP contribution is -2.47. The third kappa shape index (κ3) is 2.76. The van der Waals surface area contributed by atoms with Crippen LogP contribution in [0.3, 0.4) is 0 Å². The first-order chi connectivity index (χ1) is 8.08. The maximum absolute atomic E-state index is 13.5. The second-order valence-corrected chi connectivity index (χ2v) is 4.66. The summed E-state index contributed by atoms with van der Waals surface area (Å²) in [6.45, 7) is 2.88. The molecule has 1 saturated heterocycles. The van der Waals surface area contributed by atoms with Gasteiger partial charge in [-0.2, -0.15) is 0 Å². The number of nitrogens with zero attached hydrogens (tertiary/aromatic N) is 2. The molecule has 1 aromatic carbocycles. The van der Waals surface area contributed by atoms with Crippen molar-refractivity contribution in [1.82, 2.24) is 9.80 Å². The van der Waals surface area contributed by atoms with Gasteiger partial charge in [0.25, 0.3) is 5.91 Å². The van der Waals surface area contributed by atoms with Crippen LogP contribution in [0.5, 0.6) is 0 Å². The third-order valence-corrected chi connectivity index (χ3v) is 3.18. The lowest BCUT2D eigenvalue weighted by molar-refractivity contribution is 0.0659. The van der Waals surface area contributed by atoms with Crippen LogP contribution in [0.15, 0.2) is 18.2 Å². The third-order valence-electron chi connectivity index (χ3n) is 2.95. The summed E-state index contributed by atoms with van der Waals surface area (Å²) in [6, 6.07) is 4.06. The first-order valence-corrected chi connectivity index (χ1v) is 5.88. The Hall–Kier alpha value is -1.13. The smallest absolute Gasteiger partial charge is 0.256 e. The van der Waals surface area contributed by atoms with E-state index in [-0.39, 0.29) is 11.5 Å². The summed E-state index contributed by atoms with van der Waals surface area (Å²) < 4.78 is 13.5. The number of benzene rings is 1. The molecule has 0 spiro atoms. The number of carbonyl (C=O) groups excluding carboxylic acids is 1. The van der Waals surface area contributed by atoms with Crippen LogP contribution in [0.1, 0.15) is 10.4 Å². The van der Waals surface area contributed by atoms with Gasteiger partial charge in [-0.05, 0) is 25.2 Å². The largest absolute Gasteiger partial charge is 0.336 e. The van der Waals surface area contributed by atoms with Crippen molar-refractivity contribution in [2.24, 2.45) is 0 Å². The van der Waals surface area contributed by atoms with Crippen LogP contribution >= 0.6 is 11.6 Å². The number of rotatable bonds is 1. The van der Waals surface area contributed by atoms with E-state index >= 15 is 0 Å². The van der Waals surface area contributed by atoms with Gasteiger partial charge in [0, 0.05) is 31.2 Å². The Labute approximate surface area is 105 Å². The van der Waals surface area contributed by atoms with E-state index in [2.05, 4.69) is 4.90 Å². The number of hydrogen-bond donors (Lipinski definition) is 0. The van der Waals surface area contributed by atoms with E-state index in [1.54, 1.807) is 4.90 Å². The molecule has 1 amide bonds. The molecule has 1 fully saturated rings. The normalized spacial score (nSPS) is 17.2. The number of halogens is 2. The highest BCUT2D eigenvalue weighted by molar-refractivity contribution is 6.31. The minimum Gasteiger partial charge on any atom is -0.336 e. The van der Waals surface area contributed by atoms with Gasteiger partial charge >= 0.3 is 0 Å². The van der Waals surface area contributed by atoms with Gasteiger partial charge in [0.15, 0.2) is 0 Å². The fourth-order valence-corrected chi connectivity index (χ4v) is 2.01. The molecule has 0 saturated carbocycles. The monoisotopic (exact) mass is 256 g/mol. The Bertz CT molecular complexity index is 431. The van der Waals surface area contributed by atoms with Crippen molar-refractivity contribution in [2.45, 2.75) is 0 Å². The van der Waals surface area contributed by atoms with Crippen LogP contribution in [0.2, 0.25) is 5.02 Å². The summed E-state index contributed by atoms with van der Waals surface area (Å²) >= 11 is 5.78. The fourth-order valence-electron chi connectivity index (χ4n) is 1.84. The highest BCUT2D eigenvalue weighted by Crippen LogP contribution is 2.17. The summed E-state index contributed by atoms with van der Waals surface area (Å²) in [5.74, 6) is -0.795. The lowest BCUT2D eigenvalue weighted by Gasteiger charge is -2.32. The highest BCUT2D eigenvalue weighted by atomic mass is 35.5. The predicted octanol–water partition coefficient (Wildman–Crippen LogP) is 1.87. The molecule has 1 aromatic rings. The van der Waals surface area contributed by atoms with E-state index in [1.165, 1.54) is 18.2 Å². The first-order valence-electron chi connectivity index (χ1n) is 5.51. The van der Waals surface area contributed by atoms with Crippen molar-refractivity contribution in [2.75, 3.05) is 33.2 Å². The first kappa shape index (κ1) is 12.3. The number of carbonyl (C=O) groups is 1. The molecule has 0 aromatic heterocycles. The maximum atomic E-state index is 13.5. The van der Waals surface area contributed by atoms with Gasteiger partial charge in [0.1, 0.15) is 5.82 Å². The number of likely N-dealkylation sites (N-methyl/N-ethyl adjacent to an activating group) is 1. The Balaban J connectivity index is 2.16. The molecule has 2 rings (SSSR count). The van der Waals surface area contributed by atoms with Gasteiger partial charge in [-0.3, -0.25) is 4.79 Å².